The summed E-state index contributed by atoms with van der Waals surface area (Å²) in [4.78, 5) is 12.3. The SMILES string of the molecule is O=C(O)[C@H]1O[C@@H](O[C@@H]2[C@@H](O[C@H]3[C@H](O[C@@H]4O[C@H](CO)[C@@H](O)[C@H](O)[C@H]4O)[C@@H](CO)OC(O)[C@@H]3O)O[C@H](CO)[C@@H](O)[C@@H]2O)[C@H](O)[C@@H](O)[C@@H]1O[C@@H]1O[C@H](CO)[C@@H](O)[C@H](O)[C@@H]1O. The highest BCUT2D eigenvalue weighted by Gasteiger charge is 2.58. The van der Waals surface area contributed by atoms with Crippen LogP contribution in [-0.4, -0.2) is 273 Å². The zero-order valence-electron chi connectivity index (χ0n) is 29.4. The van der Waals surface area contributed by atoms with E-state index in [-0.39, 0.29) is 0 Å². The van der Waals surface area contributed by atoms with E-state index in [0.717, 1.165) is 0 Å². The minimum absolute atomic E-state index is 0.887. The summed E-state index contributed by atoms with van der Waals surface area (Å²) in [6.07, 6.45) is -50.3. The third kappa shape index (κ3) is 9.38. The Balaban J connectivity index is 1.40. The molecule has 0 spiro atoms. The van der Waals surface area contributed by atoms with Crippen molar-refractivity contribution in [1.29, 1.82) is 0 Å². The van der Waals surface area contributed by atoms with Crippen LogP contribution >= 0.6 is 0 Å². The zero-order chi connectivity index (χ0) is 42.2. The molecule has 27 nitrogen and oxygen atoms in total. The Morgan fingerprint density at radius 2 is 0.737 bits per heavy atom. The molecule has 25 atom stereocenters. The molecule has 17 N–H and O–H groups in total. The molecule has 5 saturated heterocycles. The first-order valence-corrected chi connectivity index (χ1v) is 17.6. The molecule has 27 heteroatoms. The molecule has 1 unspecified atom stereocenters. The summed E-state index contributed by atoms with van der Waals surface area (Å²) in [5.41, 5.74) is 0. The number of ether oxygens (including phenoxy) is 9. The second-order valence-corrected chi connectivity index (χ2v) is 14.0. The third-order valence-electron chi connectivity index (χ3n) is 10.3. The maximum atomic E-state index is 12.3. The molecule has 0 radical (unpaired) electrons. The maximum Gasteiger partial charge on any atom is 0.335 e. The van der Waals surface area contributed by atoms with Gasteiger partial charge in [0, 0.05) is 0 Å². The van der Waals surface area contributed by atoms with Crippen LogP contribution < -0.4 is 0 Å². The first kappa shape index (κ1) is 46.5. The molecule has 5 heterocycles. The first-order chi connectivity index (χ1) is 26.9. The summed E-state index contributed by atoms with van der Waals surface area (Å²) in [7, 11) is 0. The Kier molecular flexibility index (Phi) is 15.9. The van der Waals surface area contributed by atoms with Crippen molar-refractivity contribution < 1.29 is 134 Å². The molecule has 0 aromatic rings. The lowest BCUT2D eigenvalue weighted by Crippen LogP contribution is -2.68. The van der Waals surface area contributed by atoms with Gasteiger partial charge in [0.05, 0.1) is 26.4 Å². The van der Waals surface area contributed by atoms with Gasteiger partial charge in [-0.25, -0.2) is 4.79 Å². The molecular weight excluding hydrogens is 792 g/mol. The molecule has 5 fully saturated rings. The minimum Gasteiger partial charge on any atom is -0.479 e. The number of hydrogen-bond donors (Lipinski definition) is 17. The summed E-state index contributed by atoms with van der Waals surface area (Å²) >= 11 is 0. The minimum atomic E-state index is -2.34. The van der Waals surface area contributed by atoms with Gasteiger partial charge in [-0.2, -0.15) is 0 Å². The van der Waals surface area contributed by atoms with Crippen LogP contribution in [0.25, 0.3) is 0 Å². The highest BCUT2D eigenvalue weighted by atomic mass is 16.8. The standard InChI is InChI=1S/C30H50O27/c31-1-5-9(35)12(38)16(42)27(50-5)53-20-8(4-34)49-26(48)19(45)22(20)55-30-23(14(40)11(37)7(3-33)52-30)56-29-18(44)15(41)21(24(57-29)25(46)47)54-28-17(43)13(39)10(36)6(2-32)51-28/h5-24,26-45,48H,1-4H2,(H,46,47)/t5-,6-,7-,8-,9-,10-,11-,12+,13+,14+,15-,16-,17+,18-,19-,20-,21+,22-,23+,24+,26?,27+,28+,29-,30-/m1/s1. The number of aliphatic hydroxyl groups is 16. The van der Waals surface area contributed by atoms with Gasteiger partial charge in [-0.15, -0.1) is 0 Å². The molecule has 0 aliphatic carbocycles. The van der Waals surface area contributed by atoms with Crippen molar-refractivity contribution in [3.05, 3.63) is 0 Å². The van der Waals surface area contributed by atoms with Crippen LogP contribution in [0.1, 0.15) is 0 Å². The van der Waals surface area contributed by atoms with Gasteiger partial charge < -0.3 is 129 Å². The van der Waals surface area contributed by atoms with E-state index in [0.29, 0.717) is 0 Å². The van der Waals surface area contributed by atoms with Crippen molar-refractivity contribution in [2.75, 3.05) is 26.4 Å². The van der Waals surface area contributed by atoms with Crippen LogP contribution in [0.4, 0.5) is 0 Å². The quantitative estimate of drug-likeness (QED) is 0.0818. The summed E-state index contributed by atoms with van der Waals surface area (Å²) in [6, 6.07) is 0. The van der Waals surface area contributed by atoms with Crippen molar-refractivity contribution in [2.45, 2.75) is 154 Å². The molecule has 0 aromatic carbocycles. The smallest absolute Gasteiger partial charge is 0.335 e. The Labute approximate surface area is 320 Å². The van der Waals surface area contributed by atoms with E-state index in [1.165, 1.54) is 0 Å². The Hall–Kier alpha value is -1.53. The van der Waals surface area contributed by atoms with E-state index in [1.807, 2.05) is 0 Å². The van der Waals surface area contributed by atoms with Crippen molar-refractivity contribution in [3.63, 3.8) is 0 Å². The average Bonchev–Trinajstić information content (AvgIpc) is 3.19. The van der Waals surface area contributed by atoms with Gasteiger partial charge in [0.15, 0.2) is 37.6 Å². The Morgan fingerprint density at radius 3 is 1.21 bits per heavy atom. The van der Waals surface area contributed by atoms with Crippen LogP contribution in [0, 0.1) is 0 Å². The van der Waals surface area contributed by atoms with Gasteiger partial charge in [0.25, 0.3) is 0 Å². The van der Waals surface area contributed by atoms with Gasteiger partial charge in [-0.05, 0) is 0 Å². The van der Waals surface area contributed by atoms with Crippen LogP contribution in [-0.2, 0) is 47.4 Å². The van der Waals surface area contributed by atoms with Gasteiger partial charge in [0.2, 0.25) is 0 Å². The van der Waals surface area contributed by atoms with E-state index >= 15 is 0 Å². The summed E-state index contributed by atoms with van der Waals surface area (Å²) < 4.78 is 49.2. The van der Waals surface area contributed by atoms with Crippen LogP contribution in [0.3, 0.4) is 0 Å². The van der Waals surface area contributed by atoms with Crippen molar-refractivity contribution in [1.82, 2.24) is 0 Å². The monoisotopic (exact) mass is 842 g/mol. The number of aliphatic hydroxyl groups excluding tert-OH is 16. The topological polar surface area (TPSA) is 444 Å². The van der Waals surface area contributed by atoms with Gasteiger partial charge in [-0.1, -0.05) is 0 Å². The zero-order valence-corrected chi connectivity index (χ0v) is 29.4. The largest absolute Gasteiger partial charge is 0.479 e. The van der Waals surface area contributed by atoms with E-state index in [2.05, 4.69) is 0 Å². The fourth-order valence-electron chi connectivity index (χ4n) is 6.96. The number of hydrogen-bond acceptors (Lipinski definition) is 26. The molecular formula is C30H50O27. The maximum absolute atomic E-state index is 12.3. The lowest BCUT2D eigenvalue weighted by molar-refractivity contribution is -0.402. The Bertz CT molecular complexity index is 1280. The second kappa shape index (κ2) is 19.5. The first-order valence-electron chi connectivity index (χ1n) is 17.6. The molecule has 0 bridgehead atoms. The average molecular weight is 843 g/mol. The fourth-order valence-corrected chi connectivity index (χ4v) is 6.96. The predicted molar refractivity (Wildman–Crippen MR) is 167 cm³/mol. The molecule has 332 valence electrons. The van der Waals surface area contributed by atoms with Gasteiger partial charge >= 0.3 is 5.97 Å². The summed E-state index contributed by atoms with van der Waals surface area (Å²) in [5, 5.41) is 176. The lowest BCUT2D eigenvalue weighted by atomic mass is 9.95. The van der Waals surface area contributed by atoms with E-state index in [1.54, 1.807) is 0 Å². The molecule has 5 aliphatic rings. The highest BCUT2D eigenvalue weighted by Crippen LogP contribution is 2.36. The molecule has 57 heavy (non-hydrogen) atoms. The number of rotatable bonds is 13. The molecule has 0 aromatic heterocycles. The molecule has 5 rings (SSSR count). The number of aliphatic carboxylic acids is 1. The van der Waals surface area contributed by atoms with Crippen LogP contribution in [0.5, 0.6) is 0 Å². The van der Waals surface area contributed by atoms with E-state index in [4.69, 9.17) is 42.6 Å². The van der Waals surface area contributed by atoms with Gasteiger partial charge in [-0.3, -0.25) is 0 Å². The van der Waals surface area contributed by atoms with Crippen molar-refractivity contribution in [2.24, 2.45) is 0 Å². The summed E-state index contributed by atoms with van der Waals surface area (Å²) in [5.74, 6) is -1.89. The Morgan fingerprint density at radius 1 is 0.368 bits per heavy atom. The van der Waals surface area contributed by atoms with E-state index < -0.39 is 186 Å². The van der Waals surface area contributed by atoms with Crippen LogP contribution in [0.2, 0.25) is 0 Å². The third-order valence-corrected chi connectivity index (χ3v) is 10.3. The van der Waals surface area contributed by atoms with Crippen molar-refractivity contribution in [3.8, 4) is 0 Å². The number of carbonyl (C=O) groups is 1. The predicted octanol–water partition coefficient (Wildman–Crippen LogP) is -11.8. The van der Waals surface area contributed by atoms with Gasteiger partial charge in [0.1, 0.15) is 116 Å². The molecule has 5 aliphatic heterocycles. The summed E-state index contributed by atoms with van der Waals surface area (Å²) in [6.45, 7) is -3.80. The lowest BCUT2D eigenvalue weighted by Gasteiger charge is -2.50. The number of carboxylic acids is 1. The van der Waals surface area contributed by atoms with E-state index in [9.17, 15) is 91.6 Å². The molecule has 0 saturated carbocycles. The fraction of sp³-hybridized carbons (Fsp3) is 0.967. The number of carboxylic acid groups (broad SMARTS) is 1. The highest BCUT2D eigenvalue weighted by molar-refractivity contribution is 5.73. The van der Waals surface area contributed by atoms with Crippen molar-refractivity contribution >= 4 is 5.97 Å². The second-order valence-electron chi connectivity index (χ2n) is 14.0. The normalized spacial score (nSPS) is 52.4. The van der Waals surface area contributed by atoms with Crippen LogP contribution in [0.15, 0.2) is 0 Å². The molecule has 0 amide bonds.